The highest BCUT2D eigenvalue weighted by molar-refractivity contribution is 5.63. The number of nitrogens with zero attached hydrogens (tertiary/aromatic N) is 4. The summed E-state index contributed by atoms with van der Waals surface area (Å²) in [5, 5.41) is 11.6. The monoisotopic (exact) mass is 253 g/mol. The second-order valence-corrected chi connectivity index (χ2v) is 4.34. The zero-order valence-electron chi connectivity index (χ0n) is 10.7. The Morgan fingerprint density at radius 3 is 2.95 bits per heavy atom. The first-order valence-electron chi connectivity index (χ1n) is 6.28. The van der Waals surface area contributed by atoms with Gasteiger partial charge in [0.15, 0.2) is 11.5 Å². The minimum Gasteiger partial charge on any atom is -0.319 e. The lowest BCUT2D eigenvalue weighted by Gasteiger charge is -2.07. The van der Waals surface area contributed by atoms with Crippen LogP contribution < -0.4 is 5.32 Å². The molecule has 2 heterocycles. The van der Waals surface area contributed by atoms with Crippen LogP contribution in [0.2, 0.25) is 0 Å². The van der Waals surface area contributed by atoms with Gasteiger partial charge in [-0.05, 0) is 25.6 Å². The molecule has 0 radical (unpaired) electrons. The van der Waals surface area contributed by atoms with Gasteiger partial charge in [-0.3, -0.25) is 4.40 Å². The van der Waals surface area contributed by atoms with E-state index in [0.717, 1.165) is 30.0 Å². The molecule has 3 rings (SSSR count). The molecule has 1 aromatic carbocycles. The van der Waals surface area contributed by atoms with Crippen molar-refractivity contribution in [3.8, 4) is 11.4 Å². The van der Waals surface area contributed by atoms with E-state index < -0.39 is 0 Å². The van der Waals surface area contributed by atoms with Crippen molar-refractivity contribution in [1.82, 2.24) is 24.9 Å². The predicted octanol–water partition coefficient (Wildman–Crippen LogP) is 1.55. The van der Waals surface area contributed by atoms with Gasteiger partial charge in [0.1, 0.15) is 6.33 Å². The van der Waals surface area contributed by atoms with Crippen molar-refractivity contribution in [3.63, 3.8) is 0 Å². The largest absolute Gasteiger partial charge is 0.319 e. The Hall–Kier alpha value is -2.27. The molecule has 0 amide bonds. The molecule has 0 aliphatic carbocycles. The van der Waals surface area contributed by atoms with Gasteiger partial charge in [-0.1, -0.05) is 24.3 Å². The number of likely N-dealkylation sites (N-methyl/N-ethyl adjacent to an activating group) is 1. The van der Waals surface area contributed by atoms with E-state index in [0.29, 0.717) is 0 Å². The lowest BCUT2D eigenvalue weighted by molar-refractivity contribution is 0.792. The van der Waals surface area contributed by atoms with Crippen molar-refractivity contribution in [2.45, 2.75) is 6.42 Å². The second-order valence-electron chi connectivity index (χ2n) is 4.34. The van der Waals surface area contributed by atoms with Gasteiger partial charge in [-0.25, -0.2) is 4.98 Å². The molecule has 0 saturated carbocycles. The van der Waals surface area contributed by atoms with E-state index >= 15 is 0 Å². The summed E-state index contributed by atoms with van der Waals surface area (Å²) < 4.78 is 1.91. The molecule has 1 N–H and O–H groups in total. The molecule has 5 heteroatoms. The van der Waals surface area contributed by atoms with E-state index in [1.54, 1.807) is 12.5 Å². The fourth-order valence-corrected chi connectivity index (χ4v) is 2.15. The minimum absolute atomic E-state index is 0.813. The summed E-state index contributed by atoms with van der Waals surface area (Å²) in [4.78, 5) is 4.13. The number of nitrogens with one attached hydrogen (secondary N) is 1. The normalized spacial score (nSPS) is 11.0. The van der Waals surface area contributed by atoms with E-state index in [1.807, 2.05) is 23.6 Å². The van der Waals surface area contributed by atoms with Crippen LogP contribution >= 0.6 is 0 Å². The Balaban J connectivity index is 2.11. The van der Waals surface area contributed by atoms with Gasteiger partial charge in [0.05, 0.1) is 0 Å². The van der Waals surface area contributed by atoms with Crippen LogP contribution in [0.15, 0.2) is 42.9 Å². The van der Waals surface area contributed by atoms with Crippen molar-refractivity contribution in [2.75, 3.05) is 13.6 Å². The van der Waals surface area contributed by atoms with E-state index in [1.165, 1.54) is 5.56 Å². The molecular weight excluding hydrogens is 238 g/mol. The number of benzene rings is 1. The van der Waals surface area contributed by atoms with Crippen LogP contribution in [0.1, 0.15) is 5.56 Å². The van der Waals surface area contributed by atoms with Crippen LogP contribution in [-0.4, -0.2) is 33.2 Å². The maximum atomic E-state index is 4.29. The Bertz CT molecular complexity index is 689. The Kier molecular flexibility index (Phi) is 3.20. The van der Waals surface area contributed by atoms with Gasteiger partial charge >= 0.3 is 0 Å². The number of hydrogen-bond donors (Lipinski definition) is 1. The summed E-state index contributed by atoms with van der Waals surface area (Å²) in [7, 11) is 1.96. The molecule has 0 unspecified atom stereocenters. The predicted molar refractivity (Wildman–Crippen MR) is 73.8 cm³/mol. The van der Waals surface area contributed by atoms with Gasteiger partial charge in [0, 0.05) is 17.8 Å². The smallest absolute Gasteiger partial charge is 0.169 e. The van der Waals surface area contributed by atoms with Gasteiger partial charge < -0.3 is 5.32 Å². The van der Waals surface area contributed by atoms with Crippen LogP contribution in [0.4, 0.5) is 0 Å². The third kappa shape index (κ3) is 2.20. The summed E-state index contributed by atoms with van der Waals surface area (Å²) in [6, 6.07) is 10.1. The van der Waals surface area contributed by atoms with Crippen LogP contribution in [0.25, 0.3) is 17.0 Å². The van der Waals surface area contributed by atoms with Gasteiger partial charge in [0.25, 0.3) is 0 Å². The number of rotatable bonds is 4. The Morgan fingerprint density at radius 2 is 2.05 bits per heavy atom. The molecule has 0 saturated heterocycles. The van der Waals surface area contributed by atoms with Crippen molar-refractivity contribution < 1.29 is 0 Å². The molecule has 0 aliphatic rings. The highest BCUT2D eigenvalue weighted by Gasteiger charge is 2.11. The third-order valence-corrected chi connectivity index (χ3v) is 3.12. The van der Waals surface area contributed by atoms with Crippen molar-refractivity contribution in [3.05, 3.63) is 48.4 Å². The molecule has 96 valence electrons. The molecule has 0 aliphatic heterocycles. The lowest BCUT2D eigenvalue weighted by atomic mass is 10.0. The number of aromatic nitrogens is 4. The van der Waals surface area contributed by atoms with Gasteiger partial charge in [-0.15, -0.1) is 10.2 Å². The number of fused-ring (bicyclic) bond motifs is 1. The maximum absolute atomic E-state index is 4.29. The molecule has 0 atom stereocenters. The molecule has 19 heavy (non-hydrogen) atoms. The number of hydrogen-bond acceptors (Lipinski definition) is 4. The molecule has 0 fully saturated rings. The second kappa shape index (κ2) is 5.16. The van der Waals surface area contributed by atoms with Crippen molar-refractivity contribution >= 4 is 5.65 Å². The summed E-state index contributed by atoms with van der Waals surface area (Å²) in [6.07, 6.45) is 4.43. The topological polar surface area (TPSA) is 55.1 Å². The zero-order chi connectivity index (χ0) is 13.1. The summed E-state index contributed by atoms with van der Waals surface area (Å²) >= 11 is 0. The molecule has 0 bridgehead atoms. The van der Waals surface area contributed by atoms with E-state index in [-0.39, 0.29) is 0 Å². The lowest BCUT2D eigenvalue weighted by Crippen LogP contribution is -2.11. The third-order valence-electron chi connectivity index (χ3n) is 3.12. The van der Waals surface area contributed by atoms with Crippen LogP contribution in [0, 0.1) is 0 Å². The molecule has 3 aromatic rings. The highest BCUT2D eigenvalue weighted by atomic mass is 15.3. The summed E-state index contributed by atoms with van der Waals surface area (Å²) in [5.74, 6) is 0.842. The van der Waals surface area contributed by atoms with Crippen molar-refractivity contribution in [2.24, 2.45) is 0 Å². The first-order valence-corrected chi connectivity index (χ1v) is 6.28. The fourth-order valence-electron chi connectivity index (χ4n) is 2.15. The fraction of sp³-hybridized carbons (Fsp3) is 0.214. The highest BCUT2D eigenvalue weighted by Crippen LogP contribution is 2.22. The first-order chi connectivity index (χ1) is 9.40. The van der Waals surface area contributed by atoms with Crippen molar-refractivity contribution in [1.29, 1.82) is 0 Å². The minimum atomic E-state index is 0.813. The molecule has 2 aromatic heterocycles. The van der Waals surface area contributed by atoms with Crippen LogP contribution in [0.3, 0.4) is 0 Å². The van der Waals surface area contributed by atoms with Gasteiger partial charge in [0.2, 0.25) is 0 Å². The van der Waals surface area contributed by atoms with E-state index in [4.69, 9.17) is 0 Å². The average molecular weight is 253 g/mol. The summed E-state index contributed by atoms with van der Waals surface area (Å²) in [5.41, 5.74) is 3.18. The standard InChI is InChI=1S/C14H15N5/c1-15-8-6-11-4-2-3-5-12(11)14-18-17-13-7-9-16-10-19(13)14/h2-5,7,9-10,15H,6,8H2,1H3. The van der Waals surface area contributed by atoms with Crippen LogP contribution in [-0.2, 0) is 6.42 Å². The van der Waals surface area contributed by atoms with Crippen LogP contribution in [0.5, 0.6) is 0 Å². The maximum Gasteiger partial charge on any atom is 0.169 e. The van der Waals surface area contributed by atoms with E-state index in [9.17, 15) is 0 Å². The summed E-state index contributed by atoms with van der Waals surface area (Å²) in [6.45, 7) is 0.937. The average Bonchev–Trinajstić information content (AvgIpc) is 2.89. The first kappa shape index (κ1) is 11.8. The SMILES string of the molecule is CNCCc1ccccc1-c1nnc2ccncn12. The zero-order valence-corrected chi connectivity index (χ0v) is 10.7. The molecule has 5 nitrogen and oxygen atoms in total. The molecule has 0 spiro atoms. The Morgan fingerprint density at radius 1 is 1.16 bits per heavy atom. The van der Waals surface area contributed by atoms with E-state index in [2.05, 4.69) is 38.7 Å². The Labute approximate surface area is 111 Å². The quantitative estimate of drug-likeness (QED) is 0.766. The molecular formula is C14H15N5. The van der Waals surface area contributed by atoms with Gasteiger partial charge in [-0.2, -0.15) is 0 Å².